The highest BCUT2D eigenvalue weighted by atomic mass is 16.5. The number of aromatic nitrogens is 1. The molecule has 0 aliphatic heterocycles. The molecule has 0 atom stereocenters. The van der Waals surface area contributed by atoms with Crippen LogP contribution in [0.3, 0.4) is 0 Å². The zero-order chi connectivity index (χ0) is 14.5. The van der Waals surface area contributed by atoms with Gasteiger partial charge in [-0.2, -0.15) is 0 Å². The van der Waals surface area contributed by atoms with Gasteiger partial charge in [-0.25, -0.2) is 0 Å². The van der Waals surface area contributed by atoms with Crippen LogP contribution in [0, 0.1) is 5.92 Å². The summed E-state index contributed by atoms with van der Waals surface area (Å²) in [4.78, 5) is 12.1. The molecule has 5 nitrogen and oxygen atoms in total. The van der Waals surface area contributed by atoms with Gasteiger partial charge < -0.3 is 20.4 Å². The number of nitrogens with zero attached hydrogens (tertiary/aromatic N) is 1. The maximum absolute atomic E-state index is 12.1. The van der Waals surface area contributed by atoms with Crippen molar-refractivity contribution in [2.45, 2.75) is 39.2 Å². The van der Waals surface area contributed by atoms with Crippen LogP contribution >= 0.6 is 0 Å². The summed E-state index contributed by atoms with van der Waals surface area (Å²) in [5.41, 5.74) is 7.09. The van der Waals surface area contributed by atoms with Crippen LogP contribution in [0.2, 0.25) is 0 Å². The lowest BCUT2D eigenvalue weighted by molar-refractivity contribution is 0.0897. The number of carbonyl (C=O) groups excluding carboxylic acids is 1. The maximum atomic E-state index is 12.1. The normalized spacial score (nSPS) is 14.8. The highest BCUT2D eigenvalue weighted by molar-refractivity contribution is 5.93. The predicted molar refractivity (Wildman–Crippen MR) is 79.7 cm³/mol. The Kier molecular flexibility index (Phi) is 5.06. The average Bonchev–Trinajstić information content (AvgIpc) is 3.16. The van der Waals surface area contributed by atoms with Crippen LogP contribution in [0.15, 0.2) is 12.3 Å². The molecule has 5 heteroatoms. The molecule has 0 aromatic carbocycles. The van der Waals surface area contributed by atoms with E-state index in [0.717, 1.165) is 25.9 Å². The van der Waals surface area contributed by atoms with Gasteiger partial charge in [-0.1, -0.05) is 13.8 Å². The molecule has 1 aliphatic rings. The first kappa shape index (κ1) is 14.9. The minimum atomic E-state index is -0.0685. The van der Waals surface area contributed by atoms with E-state index < -0.39 is 0 Å². The molecular formula is C15H25N3O2. The van der Waals surface area contributed by atoms with Gasteiger partial charge in [0.15, 0.2) is 0 Å². The predicted octanol–water partition coefficient (Wildman–Crippen LogP) is 2.20. The molecule has 1 heterocycles. The molecule has 1 saturated carbocycles. The lowest BCUT2D eigenvalue weighted by atomic mass is 10.1. The third kappa shape index (κ3) is 4.27. The number of nitrogens with one attached hydrogen (secondary N) is 1. The molecule has 3 N–H and O–H groups in total. The van der Waals surface area contributed by atoms with Crippen molar-refractivity contribution in [1.29, 1.82) is 0 Å². The van der Waals surface area contributed by atoms with Gasteiger partial charge in [0.25, 0.3) is 5.91 Å². The third-order valence-electron chi connectivity index (χ3n) is 3.41. The number of amides is 1. The first-order valence-electron chi connectivity index (χ1n) is 7.41. The van der Waals surface area contributed by atoms with Gasteiger partial charge in [0.2, 0.25) is 0 Å². The Bertz CT molecular complexity index is 450. The molecule has 1 aromatic heterocycles. The Morgan fingerprint density at radius 2 is 2.25 bits per heavy atom. The Hall–Kier alpha value is -1.49. The molecule has 1 fully saturated rings. The number of carbonyl (C=O) groups is 1. The monoisotopic (exact) mass is 279 g/mol. The summed E-state index contributed by atoms with van der Waals surface area (Å²) in [6.07, 6.45) is 5.17. The van der Waals surface area contributed by atoms with Crippen molar-refractivity contribution in [2.24, 2.45) is 5.92 Å². The Labute approximate surface area is 120 Å². The third-order valence-corrected chi connectivity index (χ3v) is 3.41. The standard InChI is InChI=1S/C15H25N3O2/c1-11(2)5-7-20-8-6-17-15(19)14-9-12(16)10-18(14)13-3-4-13/h9-11,13H,3-8,16H2,1-2H3,(H,17,19). The minimum absolute atomic E-state index is 0.0685. The second-order valence-corrected chi connectivity index (χ2v) is 5.85. The summed E-state index contributed by atoms with van der Waals surface area (Å²) in [5, 5.41) is 2.88. The first-order valence-corrected chi connectivity index (χ1v) is 7.41. The van der Waals surface area contributed by atoms with Crippen molar-refractivity contribution >= 4 is 11.6 Å². The fourth-order valence-corrected chi connectivity index (χ4v) is 2.09. The molecule has 0 unspecified atom stereocenters. The minimum Gasteiger partial charge on any atom is -0.397 e. The van der Waals surface area contributed by atoms with Crippen molar-refractivity contribution in [3.63, 3.8) is 0 Å². The maximum Gasteiger partial charge on any atom is 0.268 e. The van der Waals surface area contributed by atoms with Gasteiger partial charge >= 0.3 is 0 Å². The van der Waals surface area contributed by atoms with E-state index >= 15 is 0 Å². The van der Waals surface area contributed by atoms with Crippen molar-refractivity contribution in [3.8, 4) is 0 Å². The van der Waals surface area contributed by atoms with Gasteiger partial charge in [0, 0.05) is 25.4 Å². The molecule has 1 aromatic rings. The summed E-state index contributed by atoms with van der Waals surface area (Å²) in [5.74, 6) is 0.579. The number of hydrogen-bond donors (Lipinski definition) is 2. The molecule has 1 amide bonds. The topological polar surface area (TPSA) is 69.3 Å². The number of nitrogen functional groups attached to an aromatic ring is 1. The highest BCUT2D eigenvalue weighted by Gasteiger charge is 2.27. The Morgan fingerprint density at radius 1 is 1.50 bits per heavy atom. The van der Waals surface area contributed by atoms with Gasteiger partial charge in [-0.15, -0.1) is 0 Å². The second-order valence-electron chi connectivity index (χ2n) is 5.85. The van der Waals surface area contributed by atoms with Gasteiger partial charge in [-0.05, 0) is 31.2 Å². The van der Waals surface area contributed by atoms with Crippen LogP contribution in [-0.4, -0.2) is 30.2 Å². The molecule has 0 saturated heterocycles. The molecule has 112 valence electrons. The van der Waals surface area contributed by atoms with Gasteiger partial charge in [0.1, 0.15) is 5.69 Å². The van der Waals surface area contributed by atoms with E-state index in [9.17, 15) is 4.79 Å². The van der Waals surface area contributed by atoms with Crippen molar-refractivity contribution in [1.82, 2.24) is 9.88 Å². The van der Waals surface area contributed by atoms with Crippen molar-refractivity contribution in [2.75, 3.05) is 25.5 Å². The fraction of sp³-hybridized carbons (Fsp3) is 0.667. The summed E-state index contributed by atoms with van der Waals surface area (Å²) < 4.78 is 7.47. The van der Waals surface area contributed by atoms with E-state index in [1.54, 1.807) is 6.07 Å². The van der Waals surface area contributed by atoms with Crippen LogP contribution in [0.25, 0.3) is 0 Å². The number of rotatable bonds is 8. The van der Waals surface area contributed by atoms with E-state index in [0.29, 0.717) is 36.5 Å². The summed E-state index contributed by atoms with van der Waals surface area (Å²) in [6.45, 7) is 6.17. The number of ether oxygens (including phenoxy) is 1. The van der Waals surface area contributed by atoms with E-state index in [4.69, 9.17) is 10.5 Å². The Balaban J connectivity index is 1.72. The molecule has 1 aliphatic carbocycles. The fourth-order valence-electron chi connectivity index (χ4n) is 2.09. The Morgan fingerprint density at radius 3 is 2.90 bits per heavy atom. The van der Waals surface area contributed by atoms with Crippen molar-refractivity contribution < 1.29 is 9.53 Å². The number of nitrogens with two attached hydrogens (primary N) is 1. The average molecular weight is 279 g/mol. The van der Waals surface area contributed by atoms with Crippen molar-refractivity contribution in [3.05, 3.63) is 18.0 Å². The highest BCUT2D eigenvalue weighted by Crippen LogP contribution is 2.37. The molecule has 20 heavy (non-hydrogen) atoms. The van der Waals surface area contributed by atoms with Crippen LogP contribution < -0.4 is 11.1 Å². The SMILES string of the molecule is CC(C)CCOCCNC(=O)c1cc(N)cn1C1CC1. The van der Waals surface area contributed by atoms with Crippen LogP contribution in [0.1, 0.15) is 49.6 Å². The largest absolute Gasteiger partial charge is 0.397 e. The van der Waals surface area contributed by atoms with Gasteiger partial charge in [-0.3, -0.25) is 4.79 Å². The summed E-state index contributed by atoms with van der Waals surface area (Å²) >= 11 is 0. The molecule has 0 spiro atoms. The molecule has 0 bridgehead atoms. The van der Waals surface area contributed by atoms with E-state index in [-0.39, 0.29) is 5.91 Å². The van der Waals surface area contributed by atoms with Crippen LogP contribution in [-0.2, 0) is 4.74 Å². The summed E-state index contributed by atoms with van der Waals surface area (Å²) in [6, 6.07) is 2.20. The molecular weight excluding hydrogens is 254 g/mol. The van der Waals surface area contributed by atoms with E-state index in [2.05, 4.69) is 19.2 Å². The molecule has 0 radical (unpaired) electrons. The smallest absolute Gasteiger partial charge is 0.268 e. The van der Waals surface area contributed by atoms with E-state index in [1.165, 1.54) is 0 Å². The number of hydrogen-bond acceptors (Lipinski definition) is 3. The lowest BCUT2D eigenvalue weighted by Crippen LogP contribution is -2.29. The zero-order valence-electron chi connectivity index (χ0n) is 12.4. The lowest BCUT2D eigenvalue weighted by Gasteiger charge is -2.09. The molecule has 2 rings (SSSR count). The number of anilines is 1. The van der Waals surface area contributed by atoms with Crippen LogP contribution in [0.5, 0.6) is 0 Å². The first-order chi connectivity index (χ1) is 9.58. The zero-order valence-corrected chi connectivity index (χ0v) is 12.4. The second kappa shape index (κ2) is 6.79. The van der Waals surface area contributed by atoms with Gasteiger partial charge in [0.05, 0.1) is 12.3 Å². The van der Waals surface area contributed by atoms with E-state index in [1.807, 2.05) is 10.8 Å². The van der Waals surface area contributed by atoms with Crippen LogP contribution in [0.4, 0.5) is 5.69 Å². The summed E-state index contributed by atoms with van der Waals surface area (Å²) in [7, 11) is 0. The quantitative estimate of drug-likeness (QED) is 0.717.